The number of unbranched alkanes of at least 4 members (excludes halogenated alkanes) is 3. The molecule has 0 aliphatic carbocycles. The summed E-state index contributed by atoms with van der Waals surface area (Å²) < 4.78 is 10.6. The first-order chi connectivity index (χ1) is 11.8. The number of benzene rings is 2. The van der Waals surface area contributed by atoms with Gasteiger partial charge < -0.3 is 14.4 Å². The second kappa shape index (κ2) is 9.86. The highest BCUT2D eigenvalue weighted by Crippen LogP contribution is 2.23. The van der Waals surface area contributed by atoms with Gasteiger partial charge in [-0.25, -0.2) is 0 Å². The maximum absolute atomic E-state index is 5.35. The van der Waals surface area contributed by atoms with E-state index in [2.05, 4.69) is 42.2 Å². The van der Waals surface area contributed by atoms with Crippen LogP contribution >= 0.6 is 0 Å². The summed E-state index contributed by atoms with van der Waals surface area (Å²) in [6.07, 6.45) is 5.05. The number of anilines is 1. The van der Waals surface area contributed by atoms with Gasteiger partial charge in [0.05, 0.1) is 14.2 Å². The molecule has 0 spiro atoms. The van der Waals surface area contributed by atoms with E-state index in [-0.39, 0.29) is 0 Å². The molecule has 0 fully saturated rings. The first-order valence-electron chi connectivity index (χ1n) is 8.78. The fourth-order valence-corrected chi connectivity index (χ4v) is 2.81. The molecular weight excluding hydrogens is 298 g/mol. The van der Waals surface area contributed by atoms with Gasteiger partial charge in [0.2, 0.25) is 0 Å². The van der Waals surface area contributed by atoms with Crippen molar-refractivity contribution in [3.63, 3.8) is 0 Å². The van der Waals surface area contributed by atoms with Gasteiger partial charge in [-0.3, -0.25) is 0 Å². The number of methoxy groups -OCH3 is 2. The molecule has 3 nitrogen and oxygen atoms in total. The zero-order chi connectivity index (χ0) is 17.2. The minimum atomic E-state index is 0.885. The van der Waals surface area contributed by atoms with Gasteiger partial charge in [0.1, 0.15) is 11.5 Å². The van der Waals surface area contributed by atoms with Crippen LogP contribution in [-0.2, 0) is 6.54 Å². The summed E-state index contributed by atoms with van der Waals surface area (Å²) in [5.74, 6) is 1.80. The number of ether oxygens (including phenoxy) is 2. The van der Waals surface area contributed by atoms with E-state index < -0.39 is 0 Å². The Hall–Kier alpha value is -2.16. The molecule has 0 heterocycles. The van der Waals surface area contributed by atoms with Crippen LogP contribution in [0.5, 0.6) is 11.5 Å². The van der Waals surface area contributed by atoms with E-state index in [1.807, 2.05) is 18.2 Å². The molecule has 0 atom stereocenters. The lowest BCUT2D eigenvalue weighted by atomic mass is 10.1. The van der Waals surface area contributed by atoms with Crippen LogP contribution in [-0.4, -0.2) is 20.8 Å². The average molecular weight is 327 g/mol. The van der Waals surface area contributed by atoms with Crippen molar-refractivity contribution < 1.29 is 9.47 Å². The van der Waals surface area contributed by atoms with Crippen molar-refractivity contribution in [1.29, 1.82) is 0 Å². The minimum absolute atomic E-state index is 0.885. The lowest BCUT2D eigenvalue weighted by Gasteiger charge is -2.25. The van der Waals surface area contributed by atoms with Gasteiger partial charge in [0.15, 0.2) is 0 Å². The summed E-state index contributed by atoms with van der Waals surface area (Å²) >= 11 is 0. The van der Waals surface area contributed by atoms with Crippen molar-refractivity contribution in [2.75, 3.05) is 25.7 Å². The third kappa shape index (κ3) is 5.48. The number of nitrogens with zero attached hydrogens (tertiary/aromatic N) is 1. The lowest BCUT2D eigenvalue weighted by molar-refractivity contribution is 0.414. The van der Waals surface area contributed by atoms with Gasteiger partial charge in [-0.05, 0) is 48.4 Å². The first-order valence-corrected chi connectivity index (χ1v) is 8.78. The molecule has 0 aromatic heterocycles. The van der Waals surface area contributed by atoms with Crippen molar-refractivity contribution in [1.82, 2.24) is 0 Å². The molecule has 0 amide bonds. The quantitative estimate of drug-likeness (QED) is 0.553. The molecule has 24 heavy (non-hydrogen) atoms. The third-order valence-corrected chi connectivity index (χ3v) is 4.23. The van der Waals surface area contributed by atoms with Crippen LogP contribution in [0.15, 0.2) is 48.5 Å². The van der Waals surface area contributed by atoms with Crippen LogP contribution in [0.2, 0.25) is 0 Å². The maximum atomic E-state index is 5.35. The number of hydrogen-bond acceptors (Lipinski definition) is 3. The summed E-state index contributed by atoms with van der Waals surface area (Å²) in [4.78, 5) is 2.43. The minimum Gasteiger partial charge on any atom is -0.497 e. The second-order valence-electron chi connectivity index (χ2n) is 6.03. The molecule has 0 bridgehead atoms. The topological polar surface area (TPSA) is 21.7 Å². The summed E-state index contributed by atoms with van der Waals surface area (Å²) in [5, 5.41) is 0. The van der Waals surface area contributed by atoms with Gasteiger partial charge in [0, 0.05) is 18.8 Å². The normalized spacial score (nSPS) is 10.5. The molecule has 3 heteroatoms. The Labute approximate surface area is 146 Å². The molecule has 0 aliphatic heterocycles. The smallest absolute Gasteiger partial charge is 0.119 e. The summed E-state index contributed by atoms with van der Waals surface area (Å²) in [6, 6.07) is 16.6. The maximum Gasteiger partial charge on any atom is 0.119 e. The lowest BCUT2D eigenvalue weighted by Crippen LogP contribution is -2.23. The molecule has 0 radical (unpaired) electrons. The van der Waals surface area contributed by atoms with Crippen molar-refractivity contribution >= 4 is 5.69 Å². The molecule has 0 aliphatic rings. The van der Waals surface area contributed by atoms with Gasteiger partial charge in [-0.1, -0.05) is 38.3 Å². The second-order valence-corrected chi connectivity index (χ2v) is 6.03. The van der Waals surface area contributed by atoms with Gasteiger partial charge in [-0.2, -0.15) is 0 Å². The molecule has 0 N–H and O–H groups in total. The third-order valence-electron chi connectivity index (χ3n) is 4.23. The van der Waals surface area contributed by atoms with Gasteiger partial charge in [0.25, 0.3) is 0 Å². The zero-order valence-corrected chi connectivity index (χ0v) is 15.1. The van der Waals surface area contributed by atoms with E-state index in [1.165, 1.54) is 36.9 Å². The van der Waals surface area contributed by atoms with Crippen LogP contribution in [0.1, 0.15) is 38.2 Å². The Bertz CT molecular complexity index is 595. The van der Waals surface area contributed by atoms with Crippen molar-refractivity contribution in [3.05, 3.63) is 54.1 Å². The Morgan fingerprint density at radius 1 is 0.833 bits per heavy atom. The van der Waals surface area contributed by atoms with E-state index in [0.29, 0.717) is 0 Å². The monoisotopic (exact) mass is 327 g/mol. The molecule has 0 saturated heterocycles. The van der Waals surface area contributed by atoms with Gasteiger partial charge >= 0.3 is 0 Å². The average Bonchev–Trinajstić information content (AvgIpc) is 2.64. The Morgan fingerprint density at radius 2 is 1.58 bits per heavy atom. The van der Waals surface area contributed by atoms with Crippen LogP contribution in [0.3, 0.4) is 0 Å². The largest absolute Gasteiger partial charge is 0.497 e. The van der Waals surface area contributed by atoms with Crippen LogP contribution in [0.4, 0.5) is 5.69 Å². The highest BCUT2D eigenvalue weighted by atomic mass is 16.5. The standard InChI is InChI=1S/C21H29NO2/c1-4-5-6-7-15-22(19-11-13-20(23-2)14-12-19)17-18-9-8-10-21(16-18)24-3/h8-14,16H,4-7,15,17H2,1-3H3. The molecule has 0 unspecified atom stereocenters. The fraction of sp³-hybridized carbons (Fsp3) is 0.429. The Kier molecular flexibility index (Phi) is 7.47. The molecule has 130 valence electrons. The van der Waals surface area contributed by atoms with Gasteiger partial charge in [-0.15, -0.1) is 0 Å². The molecular formula is C21H29NO2. The van der Waals surface area contributed by atoms with Crippen LogP contribution in [0, 0.1) is 0 Å². The summed E-state index contributed by atoms with van der Waals surface area (Å²) in [5.41, 5.74) is 2.50. The Balaban J connectivity index is 2.11. The summed E-state index contributed by atoms with van der Waals surface area (Å²) in [7, 11) is 3.42. The van der Waals surface area contributed by atoms with E-state index in [4.69, 9.17) is 9.47 Å². The molecule has 2 aromatic rings. The first kappa shape index (κ1) is 18.2. The number of hydrogen-bond donors (Lipinski definition) is 0. The molecule has 2 rings (SSSR count). The molecule has 0 saturated carbocycles. The Morgan fingerprint density at radius 3 is 2.25 bits per heavy atom. The SMILES string of the molecule is CCCCCCN(Cc1cccc(OC)c1)c1ccc(OC)cc1. The van der Waals surface area contributed by atoms with E-state index in [0.717, 1.165) is 24.6 Å². The van der Waals surface area contributed by atoms with Crippen LogP contribution < -0.4 is 14.4 Å². The predicted octanol–water partition coefficient (Wildman–Crippen LogP) is 5.29. The van der Waals surface area contributed by atoms with E-state index in [1.54, 1.807) is 14.2 Å². The number of rotatable bonds is 10. The van der Waals surface area contributed by atoms with Crippen molar-refractivity contribution in [3.8, 4) is 11.5 Å². The zero-order valence-electron chi connectivity index (χ0n) is 15.1. The summed E-state index contributed by atoms with van der Waals surface area (Å²) in [6.45, 7) is 4.19. The van der Waals surface area contributed by atoms with E-state index >= 15 is 0 Å². The van der Waals surface area contributed by atoms with Crippen LogP contribution in [0.25, 0.3) is 0 Å². The van der Waals surface area contributed by atoms with Crippen molar-refractivity contribution in [2.24, 2.45) is 0 Å². The highest BCUT2D eigenvalue weighted by molar-refractivity contribution is 5.49. The van der Waals surface area contributed by atoms with Crippen molar-refractivity contribution in [2.45, 2.75) is 39.2 Å². The predicted molar refractivity (Wildman–Crippen MR) is 101 cm³/mol. The highest BCUT2D eigenvalue weighted by Gasteiger charge is 2.08. The fourth-order valence-electron chi connectivity index (χ4n) is 2.81. The molecule has 2 aromatic carbocycles. The van der Waals surface area contributed by atoms with E-state index in [9.17, 15) is 0 Å².